The lowest BCUT2D eigenvalue weighted by atomic mass is 10.1. The molecule has 0 aromatic heterocycles. The SMILES string of the molecule is CC/C=C\C/C=C\C/C=C\C/C=C\C/C=C\C/C=C\C/C=C\C/C=C\C/C=C\C/C=C\C/C=C\C/C=C\CCCCCCC(=O)OC(COC(=O)CCCCCCCC/C=C\C/C=C\C/C=C\CCCCC)COC(OCC[N+](C)(C)C)C(=O)[O-]. The summed E-state index contributed by atoms with van der Waals surface area (Å²) in [6, 6.07) is 0. The first-order chi connectivity index (χ1) is 41.6. The summed E-state index contributed by atoms with van der Waals surface area (Å²) in [5.41, 5.74) is 0. The van der Waals surface area contributed by atoms with Gasteiger partial charge in [0.15, 0.2) is 12.4 Å². The van der Waals surface area contributed by atoms with E-state index in [1.807, 2.05) is 21.1 Å². The van der Waals surface area contributed by atoms with E-state index >= 15 is 0 Å². The molecule has 0 saturated heterocycles. The van der Waals surface area contributed by atoms with E-state index < -0.39 is 24.3 Å². The minimum absolute atomic E-state index is 0.130. The molecule has 0 aromatic carbocycles. The number of aliphatic carboxylic acids is 1. The predicted molar refractivity (Wildman–Crippen MR) is 361 cm³/mol. The molecule has 0 fully saturated rings. The van der Waals surface area contributed by atoms with Crippen LogP contribution in [0.3, 0.4) is 0 Å². The van der Waals surface area contributed by atoms with Crippen LogP contribution in [0.25, 0.3) is 0 Å². The third kappa shape index (κ3) is 65.8. The number of esters is 2. The zero-order valence-electron chi connectivity index (χ0n) is 54.1. The molecular weight excluding hydrogens is 1050 g/mol. The van der Waals surface area contributed by atoms with Crippen molar-refractivity contribution in [2.24, 2.45) is 0 Å². The van der Waals surface area contributed by atoms with Gasteiger partial charge in [0, 0.05) is 12.8 Å². The lowest BCUT2D eigenvalue weighted by molar-refractivity contribution is -0.870. The fourth-order valence-corrected chi connectivity index (χ4v) is 8.11. The van der Waals surface area contributed by atoms with E-state index in [0.717, 1.165) is 154 Å². The van der Waals surface area contributed by atoms with E-state index in [1.165, 1.54) is 25.7 Å². The van der Waals surface area contributed by atoms with Crippen molar-refractivity contribution in [3.63, 3.8) is 0 Å². The van der Waals surface area contributed by atoms with E-state index in [2.05, 4.69) is 196 Å². The molecule has 85 heavy (non-hydrogen) atoms. The maximum absolute atomic E-state index is 12.9. The molecule has 2 atom stereocenters. The number of quaternary nitrogens is 1. The topological polar surface area (TPSA) is 111 Å². The fraction of sp³-hybridized carbons (Fsp3) is 0.566. The minimum atomic E-state index is -1.64. The van der Waals surface area contributed by atoms with Gasteiger partial charge in [-0.25, -0.2) is 0 Å². The molecule has 0 radical (unpaired) electrons. The van der Waals surface area contributed by atoms with Gasteiger partial charge in [-0.2, -0.15) is 0 Å². The highest BCUT2D eigenvalue weighted by molar-refractivity contribution is 5.70. The molecule has 0 aliphatic heterocycles. The molecule has 0 aliphatic rings. The van der Waals surface area contributed by atoms with Crippen LogP contribution in [0.15, 0.2) is 182 Å². The number of rotatable bonds is 58. The van der Waals surface area contributed by atoms with Crippen LogP contribution in [0.4, 0.5) is 0 Å². The molecule has 0 amide bonds. The van der Waals surface area contributed by atoms with Crippen LogP contribution in [0, 0.1) is 0 Å². The number of carbonyl (C=O) groups excluding carboxylic acids is 3. The van der Waals surface area contributed by atoms with Crippen molar-refractivity contribution in [1.29, 1.82) is 0 Å². The lowest BCUT2D eigenvalue weighted by Gasteiger charge is -2.26. The van der Waals surface area contributed by atoms with Crippen LogP contribution >= 0.6 is 0 Å². The largest absolute Gasteiger partial charge is 0.545 e. The Bertz CT molecular complexity index is 2050. The van der Waals surface area contributed by atoms with Gasteiger partial charge in [-0.05, 0) is 141 Å². The predicted octanol–water partition coefficient (Wildman–Crippen LogP) is 19.1. The highest BCUT2D eigenvalue weighted by Crippen LogP contribution is 2.13. The number of likely N-dealkylation sites (N-methyl/N-ethyl adjacent to an activating group) is 1. The van der Waals surface area contributed by atoms with Crippen molar-refractivity contribution in [1.82, 2.24) is 0 Å². The van der Waals surface area contributed by atoms with Crippen molar-refractivity contribution in [2.45, 2.75) is 232 Å². The van der Waals surface area contributed by atoms with Crippen LogP contribution in [0.2, 0.25) is 0 Å². The summed E-state index contributed by atoms with van der Waals surface area (Å²) in [6.45, 7) is 4.53. The quantitative estimate of drug-likeness (QED) is 0.0195. The Labute approximate surface area is 519 Å². The van der Waals surface area contributed by atoms with Gasteiger partial charge in [0.25, 0.3) is 0 Å². The first-order valence-corrected chi connectivity index (χ1v) is 32.9. The summed E-state index contributed by atoms with van der Waals surface area (Å²) in [5.74, 6) is -2.36. The molecule has 0 aliphatic carbocycles. The number of allylic oxidation sites excluding steroid dienone is 30. The maximum atomic E-state index is 12.9. The second kappa shape index (κ2) is 64.4. The number of hydrogen-bond acceptors (Lipinski definition) is 8. The van der Waals surface area contributed by atoms with Gasteiger partial charge >= 0.3 is 11.9 Å². The van der Waals surface area contributed by atoms with Crippen LogP contribution in [0.1, 0.15) is 219 Å². The highest BCUT2D eigenvalue weighted by atomic mass is 16.7. The number of unbranched alkanes of at least 4 members (excludes halogenated alkanes) is 13. The van der Waals surface area contributed by atoms with Crippen molar-refractivity contribution < 1.29 is 42.9 Å². The van der Waals surface area contributed by atoms with Gasteiger partial charge in [0.05, 0.1) is 40.3 Å². The Balaban J connectivity index is 4.28. The fourth-order valence-electron chi connectivity index (χ4n) is 8.11. The van der Waals surface area contributed by atoms with Crippen molar-refractivity contribution in [3.8, 4) is 0 Å². The molecule has 9 nitrogen and oxygen atoms in total. The molecule has 0 saturated carbocycles. The summed E-state index contributed by atoms with van der Waals surface area (Å²) >= 11 is 0. The van der Waals surface area contributed by atoms with E-state index in [1.54, 1.807) is 0 Å². The highest BCUT2D eigenvalue weighted by Gasteiger charge is 2.22. The molecule has 2 unspecified atom stereocenters. The Hall–Kier alpha value is -5.61. The standard InChI is InChI=1S/C76H119NO8/c1-6-8-10-12-14-16-18-20-22-24-26-27-28-29-30-31-32-33-34-35-36-37-38-39-40-41-42-43-44-45-46-47-49-51-53-55-57-59-61-63-65-67-74(79)85-72(71-84-76(75(80)81)82-69-68-77(3,4)5)70-83-73(78)66-64-62-60-58-56-54-52-50-48-25-23-21-19-17-15-13-11-9-7-2/h8,10,14-17,20-23,26-27,29-30,32-33,35-36,38-39,41-42,44-45,47-50,53,55,72,76H,6-7,9,11-13,18-19,24-25,28,31,34,37,40,43,46,51-52,54,56-71H2,1-5H3/b10-8-,16-14-,17-15-,22-20-,23-21-,27-26-,30-29-,33-32-,36-35-,39-38-,42-41-,45-44-,49-47-,50-48-,55-53-. The first-order valence-electron chi connectivity index (χ1n) is 32.9. The average Bonchev–Trinajstić information content (AvgIpc) is 3.49. The molecule has 0 heterocycles. The summed E-state index contributed by atoms with van der Waals surface area (Å²) < 4.78 is 22.7. The average molecular weight is 1170 g/mol. The van der Waals surface area contributed by atoms with E-state index in [0.29, 0.717) is 23.9 Å². The Morgan fingerprint density at radius 1 is 0.365 bits per heavy atom. The van der Waals surface area contributed by atoms with Gasteiger partial charge in [0.1, 0.15) is 13.2 Å². The van der Waals surface area contributed by atoms with Crippen molar-refractivity contribution >= 4 is 17.9 Å². The van der Waals surface area contributed by atoms with E-state index in [4.69, 9.17) is 18.9 Å². The molecule has 0 N–H and O–H groups in total. The zero-order chi connectivity index (χ0) is 61.9. The number of carboxylic acid groups (broad SMARTS) is 1. The van der Waals surface area contributed by atoms with Gasteiger partial charge < -0.3 is 33.3 Å². The molecular formula is C76H119NO8. The number of ether oxygens (including phenoxy) is 4. The Morgan fingerprint density at radius 2 is 0.671 bits per heavy atom. The number of hydrogen-bond donors (Lipinski definition) is 0. The molecule has 476 valence electrons. The number of nitrogens with zero attached hydrogens (tertiary/aromatic N) is 1. The van der Waals surface area contributed by atoms with Gasteiger partial charge in [-0.3, -0.25) is 9.59 Å². The first kappa shape index (κ1) is 79.4. The van der Waals surface area contributed by atoms with Crippen LogP contribution in [-0.2, 0) is 33.3 Å². The van der Waals surface area contributed by atoms with Gasteiger partial charge in [0.2, 0.25) is 0 Å². The third-order valence-corrected chi connectivity index (χ3v) is 13.1. The molecule has 0 rings (SSSR count). The Morgan fingerprint density at radius 3 is 1.00 bits per heavy atom. The van der Waals surface area contributed by atoms with Crippen LogP contribution in [0.5, 0.6) is 0 Å². The van der Waals surface area contributed by atoms with Gasteiger partial charge in [-0.1, -0.05) is 247 Å². The molecule has 0 spiro atoms. The van der Waals surface area contributed by atoms with Crippen LogP contribution < -0.4 is 5.11 Å². The van der Waals surface area contributed by atoms with Crippen molar-refractivity contribution in [3.05, 3.63) is 182 Å². The summed E-state index contributed by atoms with van der Waals surface area (Å²) in [5, 5.41) is 11.8. The summed E-state index contributed by atoms with van der Waals surface area (Å²) in [7, 11) is 5.89. The number of carboxylic acids is 1. The van der Waals surface area contributed by atoms with E-state index in [-0.39, 0.29) is 38.6 Å². The monoisotopic (exact) mass is 1170 g/mol. The zero-order valence-corrected chi connectivity index (χ0v) is 54.1. The molecule has 0 aromatic rings. The van der Waals surface area contributed by atoms with E-state index in [9.17, 15) is 19.5 Å². The van der Waals surface area contributed by atoms with Gasteiger partial charge in [-0.15, -0.1) is 0 Å². The molecule has 0 bridgehead atoms. The number of carbonyl (C=O) groups is 3. The maximum Gasteiger partial charge on any atom is 0.306 e. The lowest BCUT2D eigenvalue weighted by Crippen LogP contribution is -2.44. The summed E-state index contributed by atoms with van der Waals surface area (Å²) in [6.07, 6.45) is 95.3. The summed E-state index contributed by atoms with van der Waals surface area (Å²) in [4.78, 5) is 37.4. The normalized spacial score (nSPS) is 13.9. The second-order valence-electron chi connectivity index (χ2n) is 22.3. The second-order valence-corrected chi connectivity index (χ2v) is 22.3. The third-order valence-electron chi connectivity index (χ3n) is 13.1. The molecule has 9 heteroatoms. The van der Waals surface area contributed by atoms with Crippen LogP contribution in [-0.4, -0.2) is 82.3 Å². The minimum Gasteiger partial charge on any atom is -0.545 e. The Kier molecular flexibility index (Phi) is 60.1. The smallest absolute Gasteiger partial charge is 0.306 e. The van der Waals surface area contributed by atoms with Crippen molar-refractivity contribution in [2.75, 3.05) is 47.5 Å².